The Labute approximate surface area is 128 Å². The van der Waals surface area contributed by atoms with E-state index in [-0.39, 0.29) is 17.6 Å². The molecule has 116 valence electrons. The summed E-state index contributed by atoms with van der Waals surface area (Å²) in [7, 11) is 1.83. The fourth-order valence-electron chi connectivity index (χ4n) is 3.27. The van der Waals surface area contributed by atoms with Gasteiger partial charge in [-0.3, -0.25) is 4.79 Å². The normalized spacial score (nSPS) is 22.0. The molecule has 1 saturated carbocycles. The molecule has 21 heavy (non-hydrogen) atoms. The minimum atomic E-state index is 0.168. The zero-order chi connectivity index (χ0) is 15.2. The lowest BCUT2D eigenvalue weighted by Crippen LogP contribution is -2.35. The van der Waals surface area contributed by atoms with Crippen LogP contribution in [0.3, 0.4) is 0 Å². The third-order valence-corrected chi connectivity index (χ3v) is 4.73. The predicted octanol–water partition coefficient (Wildman–Crippen LogP) is 4.35. The van der Waals surface area contributed by atoms with Gasteiger partial charge < -0.3 is 10.0 Å². The van der Waals surface area contributed by atoms with Crippen molar-refractivity contribution in [3.63, 3.8) is 0 Å². The Morgan fingerprint density at radius 1 is 1.19 bits per heavy atom. The van der Waals surface area contributed by atoms with E-state index in [1.165, 1.54) is 32.1 Å². The highest BCUT2D eigenvalue weighted by Crippen LogP contribution is 2.33. The third kappa shape index (κ3) is 4.23. The van der Waals surface area contributed by atoms with Crippen molar-refractivity contribution in [3.05, 3.63) is 24.3 Å². The van der Waals surface area contributed by atoms with Gasteiger partial charge in [0.05, 0.1) is 0 Å². The Morgan fingerprint density at radius 3 is 2.38 bits per heavy atom. The molecule has 0 spiro atoms. The average molecular weight is 289 g/mol. The van der Waals surface area contributed by atoms with Gasteiger partial charge in [-0.05, 0) is 55.9 Å². The molecule has 1 aromatic rings. The molecule has 1 aliphatic rings. The summed E-state index contributed by atoms with van der Waals surface area (Å²) in [5, 5.41) is 9.32. The molecular weight excluding hydrogens is 262 g/mol. The summed E-state index contributed by atoms with van der Waals surface area (Å²) in [6.45, 7) is 2.24. The first-order chi connectivity index (χ1) is 10.1. The molecule has 0 aliphatic heterocycles. The van der Waals surface area contributed by atoms with Crippen molar-refractivity contribution >= 4 is 11.6 Å². The van der Waals surface area contributed by atoms with Crippen LogP contribution in [0.2, 0.25) is 0 Å². The number of carbonyl (C=O) groups is 1. The van der Waals surface area contributed by atoms with Gasteiger partial charge in [-0.15, -0.1) is 0 Å². The fourth-order valence-corrected chi connectivity index (χ4v) is 3.27. The molecule has 1 N–H and O–H groups in total. The number of phenolic OH excluding ortho intramolecular Hbond substituents is 1. The quantitative estimate of drug-likeness (QED) is 0.875. The molecule has 0 heterocycles. The molecule has 0 atom stereocenters. The monoisotopic (exact) mass is 289 g/mol. The number of nitrogens with zero attached hydrogens (tertiary/aromatic N) is 1. The Balaban J connectivity index is 1.88. The smallest absolute Gasteiger partial charge is 0.229 e. The molecule has 3 heteroatoms. The molecule has 0 radical (unpaired) electrons. The second kappa shape index (κ2) is 7.48. The first-order valence-electron chi connectivity index (χ1n) is 8.18. The zero-order valence-corrected chi connectivity index (χ0v) is 13.2. The molecule has 1 amide bonds. The van der Waals surface area contributed by atoms with Gasteiger partial charge in [-0.1, -0.05) is 26.2 Å². The van der Waals surface area contributed by atoms with Crippen molar-refractivity contribution in [2.45, 2.75) is 51.9 Å². The van der Waals surface area contributed by atoms with Crippen LogP contribution in [-0.2, 0) is 4.79 Å². The number of rotatable bonds is 5. The van der Waals surface area contributed by atoms with Crippen LogP contribution < -0.4 is 4.90 Å². The molecule has 2 rings (SSSR count). The summed E-state index contributed by atoms with van der Waals surface area (Å²) in [6.07, 6.45) is 8.34. The summed E-state index contributed by atoms with van der Waals surface area (Å²) < 4.78 is 0. The molecule has 1 fully saturated rings. The van der Waals surface area contributed by atoms with E-state index >= 15 is 0 Å². The maximum absolute atomic E-state index is 12.6. The van der Waals surface area contributed by atoms with Gasteiger partial charge in [0.15, 0.2) is 0 Å². The molecule has 0 saturated heterocycles. The maximum Gasteiger partial charge on any atom is 0.229 e. The van der Waals surface area contributed by atoms with Crippen LogP contribution in [0.5, 0.6) is 5.75 Å². The first-order valence-corrected chi connectivity index (χ1v) is 8.18. The van der Waals surface area contributed by atoms with E-state index in [0.717, 1.165) is 24.4 Å². The number of unbranched alkanes of at least 4 members (excludes halogenated alkanes) is 1. The van der Waals surface area contributed by atoms with Gasteiger partial charge in [0.25, 0.3) is 0 Å². The Bertz CT molecular complexity index is 447. The molecule has 1 aromatic carbocycles. The maximum atomic E-state index is 12.6. The van der Waals surface area contributed by atoms with E-state index < -0.39 is 0 Å². The number of hydrogen-bond donors (Lipinski definition) is 1. The molecule has 0 bridgehead atoms. The summed E-state index contributed by atoms with van der Waals surface area (Å²) in [5.41, 5.74) is 0.853. The van der Waals surface area contributed by atoms with Crippen molar-refractivity contribution in [2.75, 3.05) is 11.9 Å². The van der Waals surface area contributed by atoms with Gasteiger partial charge in [-0.25, -0.2) is 0 Å². The highest BCUT2D eigenvalue weighted by molar-refractivity contribution is 5.94. The van der Waals surface area contributed by atoms with Crippen molar-refractivity contribution < 1.29 is 9.90 Å². The van der Waals surface area contributed by atoms with Crippen LogP contribution in [0, 0.1) is 11.8 Å². The van der Waals surface area contributed by atoms with E-state index in [1.807, 2.05) is 7.05 Å². The van der Waals surface area contributed by atoms with Gasteiger partial charge in [0.2, 0.25) is 5.91 Å². The summed E-state index contributed by atoms with van der Waals surface area (Å²) >= 11 is 0. The minimum Gasteiger partial charge on any atom is -0.508 e. The summed E-state index contributed by atoms with van der Waals surface area (Å²) in [4.78, 5) is 14.3. The van der Waals surface area contributed by atoms with E-state index in [2.05, 4.69) is 6.92 Å². The Kier molecular flexibility index (Phi) is 5.66. The second-order valence-electron chi connectivity index (χ2n) is 6.27. The van der Waals surface area contributed by atoms with E-state index in [0.29, 0.717) is 0 Å². The largest absolute Gasteiger partial charge is 0.508 e. The molecule has 0 aromatic heterocycles. The van der Waals surface area contributed by atoms with Crippen LogP contribution in [0.15, 0.2) is 24.3 Å². The fraction of sp³-hybridized carbons (Fsp3) is 0.611. The summed E-state index contributed by atoms with van der Waals surface area (Å²) in [6, 6.07) is 6.84. The highest BCUT2D eigenvalue weighted by Gasteiger charge is 2.28. The lowest BCUT2D eigenvalue weighted by Gasteiger charge is -2.30. The lowest BCUT2D eigenvalue weighted by molar-refractivity contribution is -0.123. The van der Waals surface area contributed by atoms with Gasteiger partial charge in [-0.2, -0.15) is 0 Å². The summed E-state index contributed by atoms with van der Waals surface area (Å²) in [5.74, 6) is 1.44. The zero-order valence-electron chi connectivity index (χ0n) is 13.2. The van der Waals surface area contributed by atoms with Crippen molar-refractivity contribution in [3.8, 4) is 5.75 Å². The van der Waals surface area contributed by atoms with E-state index in [1.54, 1.807) is 29.2 Å². The average Bonchev–Trinajstić information content (AvgIpc) is 2.53. The van der Waals surface area contributed by atoms with E-state index in [4.69, 9.17) is 0 Å². The third-order valence-electron chi connectivity index (χ3n) is 4.73. The number of phenols is 1. The molecular formula is C18H27NO2. The Morgan fingerprint density at radius 2 is 1.81 bits per heavy atom. The van der Waals surface area contributed by atoms with Gasteiger partial charge >= 0.3 is 0 Å². The van der Waals surface area contributed by atoms with Crippen molar-refractivity contribution in [2.24, 2.45) is 11.8 Å². The van der Waals surface area contributed by atoms with Crippen molar-refractivity contribution in [1.29, 1.82) is 0 Å². The minimum absolute atomic E-state index is 0.168. The molecule has 1 aliphatic carbocycles. The first kappa shape index (κ1) is 15.9. The molecule has 3 nitrogen and oxygen atoms in total. The van der Waals surface area contributed by atoms with Crippen molar-refractivity contribution in [1.82, 2.24) is 0 Å². The predicted molar refractivity (Wildman–Crippen MR) is 86.5 cm³/mol. The lowest BCUT2D eigenvalue weighted by atomic mass is 9.79. The van der Waals surface area contributed by atoms with E-state index in [9.17, 15) is 9.90 Å². The number of hydrogen-bond acceptors (Lipinski definition) is 2. The number of carbonyl (C=O) groups excluding carboxylic acids is 1. The molecule has 0 unspecified atom stereocenters. The van der Waals surface area contributed by atoms with Crippen LogP contribution >= 0.6 is 0 Å². The highest BCUT2D eigenvalue weighted by atomic mass is 16.3. The van der Waals surface area contributed by atoms with Crippen LogP contribution in [-0.4, -0.2) is 18.1 Å². The number of amides is 1. The second-order valence-corrected chi connectivity index (χ2v) is 6.27. The van der Waals surface area contributed by atoms with Gasteiger partial charge in [0, 0.05) is 18.7 Å². The number of benzene rings is 1. The Hall–Kier alpha value is -1.51. The van der Waals surface area contributed by atoms with Crippen LogP contribution in [0.25, 0.3) is 0 Å². The number of aromatic hydroxyl groups is 1. The number of anilines is 1. The topological polar surface area (TPSA) is 40.5 Å². The van der Waals surface area contributed by atoms with Gasteiger partial charge in [0.1, 0.15) is 5.75 Å². The van der Waals surface area contributed by atoms with Crippen LogP contribution in [0.4, 0.5) is 5.69 Å². The SMILES string of the molecule is CCCCC1CCC(C(=O)N(C)c2ccc(O)cc2)CC1. The van der Waals surface area contributed by atoms with Crippen LogP contribution in [0.1, 0.15) is 51.9 Å². The standard InChI is InChI=1S/C18H27NO2/c1-3-4-5-14-6-8-15(9-7-14)18(21)19(2)16-10-12-17(20)13-11-16/h10-15,20H,3-9H2,1-2H3.